The van der Waals surface area contributed by atoms with E-state index in [4.69, 9.17) is 23.0 Å². The highest BCUT2D eigenvalue weighted by atomic mass is 16.5. The van der Waals surface area contributed by atoms with Crippen molar-refractivity contribution in [1.29, 1.82) is 0 Å². The number of aryl methyl sites for hydroxylation is 1. The Labute approximate surface area is 275 Å². The molecule has 0 aliphatic carbocycles. The first-order valence-corrected chi connectivity index (χ1v) is 15.9. The number of benzene rings is 4. The standard InChI is InChI=1S/C39H34O9/c1-3-12-28-31(18-17-27-29(40)23-33(48-38(27)28)39(43)44-4-2)46-20-11-19-45-26-21-30(41)35-32(22-26)47-37(25-15-9-6-10-16-25)34(36(35)42)24-13-7-5-8-14-24/h5-10,13-18,21-23,41H,3-4,11-12,19-20H2,1-2H3. The highest BCUT2D eigenvalue weighted by Gasteiger charge is 2.21. The summed E-state index contributed by atoms with van der Waals surface area (Å²) in [7, 11) is 0. The molecule has 0 saturated heterocycles. The van der Waals surface area contributed by atoms with Crippen LogP contribution in [0.5, 0.6) is 17.2 Å². The smallest absolute Gasteiger partial charge is 0.374 e. The molecule has 0 saturated carbocycles. The summed E-state index contributed by atoms with van der Waals surface area (Å²) >= 11 is 0. The predicted octanol–water partition coefficient (Wildman–Crippen LogP) is 7.92. The molecule has 6 rings (SSSR count). The summed E-state index contributed by atoms with van der Waals surface area (Å²) in [5, 5.41) is 11.4. The molecule has 0 fully saturated rings. The quantitative estimate of drug-likeness (QED) is 0.104. The summed E-state index contributed by atoms with van der Waals surface area (Å²) in [5.74, 6) is 0.177. The van der Waals surface area contributed by atoms with Crippen LogP contribution in [0.25, 0.3) is 44.4 Å². The molecule has 1 N–H and O–H groups in total. The Hall–Kier alpha value is -5.83. The van der Waals surface area contributed by atoms with Crippen molar-refractivity contribution in [3.05, 3.63) is 123 Å². The summed E-state index contributed by atoms with van der Waals surface area (Å²) in [6, 6.07) is 26.1. The van der Waals surface area contributed by atoms with Crippen LogP contribution in [0.3, 0.4) is 0 Å². The number of phenolic OH excluding ortho intramolecular Hbond substituents is 1. The van der Waals surface area contributed by atoms with Gasteiger partial charge in [-0.05, 0) is 31.0 Å². The Kier molecular flexibility index (Phi) is 9.57. The average Bonchev–Trinajstić information content (AvgIpc) is 3.09. The second-order valence-corrected chi connectivity index (χ2v) is 11.1. The molecule has 2 aromatic heterocycles. The Morgan fingerprint density at radius 3 is 2.23 bits per heavy atom. The van der Waals surface area contributed by atoms with E-state index in [1.807, 2.05) is 67.6 Å². The number of esters is 1. The van der Waals surface area contributed by atoms with E-state index < -0.39 is 5.97 Å². The molecule has 48 heavy (non-hydrogen) atoms. The molecule has 244 valence electrons. The molecule has 0 radical (unpaired) electrons. The molecule has 4 aromatic carbocycles. The SMILES string of the molecule is CCCc1c(OCCCOc2cc(O)c3c(=O)c(-c4ccccc4)c(-c4ccccc4)oc3c2)ccc2c(=O)cc(C(=O)OCC)oc12. The Bertz CT molecular complexity index is 2200. The Morgan fingerprint density at radius 2 is 1.52 bits per heavy atom. The van der Waals surface area contributed by atoms with Crippen LogP contribution >= 0.6 is 0 Å². The van der Waals surface area contributed by atoms with Crippen molar-refractivity contribution in [3.8, 4) is 39.7 Å². The van der Waals surface area contributed by atoms with Gasteiger partial charge in [0.15, 0.2) is 5.43 Å². The zero-order valence-electron chi connectivity index (χ0n) is 26.6. The maximum atomic E-state index is 13.8. The molecule has 0 spiro atoms. The third-order valence-corrected chi connectivity index (χ3v) is 7.80. The fraction of sp³-hybridized carbons (Fsp3) is 0.205. The van der Waals surface area contributed by atoms with Crippen molar-refractivity contribution in [2.75, 3.05) is 19.8 Å². The molecule has 6 aromatic rings. The zero-order valence-corrected chi connectivity index (χ0v) is 26.6. The van der Waals surface area contributed by atoms with Crippen molar-refractivity contribution in [2.45, 2.75) is 33.1 Å². The van der Waals surface area contributed by atoms with Gasteiger partial charge in [-0.3, -0.25) is 9.59 Å². The van der Waals surface area contributed by atoms with Gasteiger partial charge in [-0.15, -0.1) is 0 Å². The molecular formula is C39H34O9. The number of aromatic hydroxyl groups is 1. The molecule has 0 aliphatic heterocycles. The minimum Gasteiger partial charge on any atom is -0.507 e. The lowest BCUT2D eigenvalue weighted by atomic mass is 9.98. The first kappa shape index (κ1) is 32.1. The lowest BCUT2D eigenvalue weighted by molar-refractivity contribution is 0.0490. The Morgan fingerprint density at radius 1 is 0.812 bits per heavy atom. The number of rotatable bonds is 12. The minimum absolute atomic E-state index is 0.0711. The maximum Gasteiger partial charge on any atom is 0.374 e. The number of hydrogen-bond donors (Lipinski definition) is 1. The van der Waals surface area contributed by atoms with Crippen molar-refractivity contribution in [1.82, 2.24) is 0 Å². The average molecular weight is 647 g/mol. The number of fused-ring (bicyclic) bond motifs is 2. The van der Waals surface area contributed by atoms with Crippen LogP contribution in [0.4, 0.5) is 0 Å². The predicted molar refractivity (Wildman–Crippen MR) is 183 cm³/mol. The van der Waals surface area contributed by atoms with Gasteiger partial charge in [-0.2, -0.15) is 0 Å². The van der Waals surface area contributed by atoms with Crippen molar-refractivity contribution in [2.24, 2.45) is 0 Å². The van der Waals surface area contributed by atoms with Gasteiger partial charge in [0.05, 0.1) is 30.8 Å². The zero-order chi connectivity index (χ0) is 33.6. The normalized spacial score (nSPS) is 11.1. The third kappa shape index (κ3) is 6.53. The summed E-state index contributed by atoms with van der Waals surface area (Å²) in [6.45, 7) is 4.35. The molecule has 0 bridgehead atoms. The first-order chi connectivity index (χ1) is 23.4. The second kappa shape index (κ2) is 14.3. The largest absolute Gasteiger partial charge is 0.507 e. The summed E-state index contributed by atoms with van der Waals surface area (Å²) in [6.07, 6.45) is 1.80. The third-order valence-electron chi connectivity index (χ3n) is 7.80. The van der Waals surface area contributed by atoms with Gasteiger partial charge < -0.3 is 28.2 Å². The number of carbonyl (C=O) groups excluding carboxylic acids is 1. The van der Waals surface area contributed by atoms with Crippen LogP contribution in [-0.2, 0) is 11.2 Å². The minimum atomic E-state index is -0.700. The number of phenols is 1. The molecule has 0 atom stereocenters. The summed E-state index contributed by atoms with van der Waals surface area (Å²) < 4.78 is 29.2. The lowest BCUT2D eigenvalue weighted by Crippen LogP contribution is -2.11. The number of carbonyl (C=O) groups is 1. The molecule has 9 nitrogen and oxygen atoms in total. The van der Waals surface area contributed by atoms with E-state index in [2.05, 4.69) is 0 Å². The molecular weight excluding hydrogens is 612 g/mol. The maximum absolute atomic E-state index is 13.8. The molecule has 0 aliphatic rings. The molecule has 0 amide bonds. The van der Waals surface area contributed by atoms with Crippen LogP contribution < -0.4 is 20.3 Å². The highest BCUT2D eigenvalue weighted by molar-refractivity contribution is 5.93. The fourth-order valence-electron chi connectivity index (χ4n) is 5.63. The molecule has 9 heteroatoms. The van der Waals surface area contributed by atoms with Crippen molar-refractivity contribution in [3.63, 3.8) is 0 Å². The fourth-order valence-corrected chi connectivity index (χ4v) is 5.63. The van der Waals surface area contributed by atoms with Gasteiger partial charge in [-0.1, -0.05) is 74.0 Å². The van der Waals surface area contributed by atoms with Crippen molar-refractivity contribution < 1.29 is 32.9 Å². The van der Waals surface area contributed by atoms with Crippen LogP contribution in [0, 0.1) is 0 Å². The topological polar surface area (TPSA) is 125 Å². The van der Waals surface area contributed by atoms with Crippen LogP contribution in [-0.4, -0.2) is 30.9 Å². The monoisotopic (exact) mass is 646 g/mol. The van der Waals surface area contributed by atoms with Gasteiger partial charge >= 0.3 is 5.97 Å². The van der Waals surface area contributed by atoms with E-state index in [1.54, 1.807) is 25.1 Å². The van der Waals surface area contributed by atoms with Gasteiger partial charge in [0.1, 0.15) is 39.6 Å². The van der Waals surface area contributed by atoms with Gasteiger partial charge in [0.25, 0.3) is 0 Å². The molecule has 0 unspecified atom stereocenters. The highest BCUT2D eigenvalue weighted by Crippen LogP contribution is 2.37. The number of ether oxygens (including phenoxy) is 3. The van der Waals surface area contributed by atoms with E-state index in [1.165, 1.54) is 6.07 Å². The van der Waals surface area contributed by atoms with Gasteiger partial charge in [0, 0.05) is 35.7 Å². The van der Waals surface area contributed by atoms with Crippen LogP contribution in [0.1, 0.15) is 42.8 Å². The number of hydrogen-bond acceptors (Lipinski definition) is 9. The van der Waals surface area contributed by atoms with Gasteiger partial charge in [0.2, 0.25) is 11.2 Å². The van der Waals surface area contributed by atoms with Crippen LogP contribution in [0.2, 0.25) is 0 Å². The lowest BCUT2D eigenvalue weighted by Gasteiger charge is -2.14. The molecule has 2 heterocycles. The van der Waals surface area contributed by atoms with E-state index in [9.17, 15) is 19.5 Å². The van der Waals surface area contributed by atoms with Gasteiger partial charge in [-0.25, -0.2) is 4.79 Å². The van der Waals surface area contributed by atoms with Crippen molar-refractivity contribution >= 4 is 27.9 Å². The Balaban J connectivity index is 1.22. The van der Waals surface area contributed by atoms with E-state index in [0.717, 1.165) is 18.1 Å². The van der Waals surface area contributed by atoms with Crippen LogP contribution in [0.15, 0.2) is 109 Å². The summed E-state index contributed by atoms with van der Waals surface area (Å²) in [5.41, 5.74) is 2.29. The first-order valence-electron chi connectivity index (χ1n) is 15.9. The van der Waals surface area contributed by atoms with E-state index in [-0.39, 0.29) is 53.2 Å². The second-order valence-electron chi connectivity index (χ2n) is 11.1. The summed E-state index contributed by atoms with van der Waals surface area (Å²) in [4.78, 5) is 38.8. The van der Waals surface area contributed by atoms with E-state index >= 15 is 0 Å². The van der Waals surface area contributed by atoms with E-state index in [0.29, 0.717) is 57.8 Å².